The van der Waals surface area contributed by atoms with E-state index in [-0.39, 0.29) is 36.8 Å². The number of hydrogen-bond donors (Lipinski definition) is 2. The van der Waals surface area contributed by atoms with Crippen LogP contribution in [0.3, 0.4) is 0 Å². The van der Waals surface area contributed by atoms with Crippen molar-refractivity contribution in [3.63, 3.8) is 0 Å². The molecule has 2 saturated heterocycles. The van der Waals surface area contributed by atoms with E-state index in [4.69, 9.17) is 0 Å². The number of hydrogen-bond acceptors (Lipinski definition) is 3. The van der Waals surface area contributed by atoms with Crippen LogP contribution in [0.2, 0.25) is 0 Å². The molecule has 6 heteroatoms. The first-order valence-corrected chi connectivity index (χ1v) is 7.46. The van der Waals surface area contributed by atoms with Gasteiger partial charge in [-0.1, -0.05) is 6.42 Å². The second-order valence-electron chi connectivity index (χ2n) is 5.89. The number of halogens is 2. The lowest BCUT2D eigenvalue weighted by atomic mass is 10.0. The zero-order chi connectivity index (χ0) is 12.8. The van der Waals surface area contributed by atoms with Gasteiger partial charge < -0.3 is 15.5 Å². The summed E-state index contributed by atoms with van der Waals surface area (Å²) < 4.78 is 0. The molecule has 20 heavy (non-hydrogen) atoms. The Morgan fingerprint density at radius 3 is 2.60 bits per heavy atom. The summed E-state index contributed by atoms with van der Waals surface area (Å²) in [5.74, 6) is 0.778. The Morgan fingerprint density at radius 1 is 1.30 bits per heavy atom. The van der Waals surface area contributed by atoms with Gasteiger partial charge in [-0.3, -0.25) is 4.79 Å². The van der Waals surface area contributed by atoms with Crippen molar-refractivity contribution in [2.45, 2.75) is 45.1 Å². The summed E-state index contributed by atoms with van der Waals surface area (Å²) in [7, 11) is 0. The molecule has 0 aromatic carbocycles. The first-order valence-electron chi connectivity index (χ1n) is 7.46. The third-order valence-electron chi connectivity index (χ3n) is 4.02. The molecule has 4 nitrogen and oxygen atoms in total. The molecule has 2 fully saturated rings. The molecule has 2 heterocycles. The average molecular weight is 326 g/mol. The largest absolute Gasteiger partial charge is 0.352 e. The van der Waals surface area contributed by atoms with Gasteiger partial charge in [-0.15, -0.1) is 24.8 Å². The fourth-order valence-corrected chi connectivity index (χ4v) is 3.06. The van der Waals surface area contributed by atoms with Crippen LogP contribution in [-0.4, -0.2) is 49.6 Å². The summed E-state index contributed by atoms with van der Waals surface area (Å²) in [5, 5.41) is 6.45. The van der Waals surface area contributed by atoms with Crippen molar-refractivity contribution in [3.8, 4) is 0 Å². The number of nitrogens with one attached hydrogen (secondary N) is 2. The van der Waals surface area contributed by atoms with Gasteiger partial charge in [0.05, 0.1) is 0 Å². The van der Waals surface area contributed by atoms with E-state index in [9.17, 15) is 4.79 Å². The van der Waals surface area contributed by atoms with Crippen LogP contribution >= 0.6 is 24.8 Å². The van der Waals surface area contributed by atoms with Crippen LogP contribution in [-0.2, 0) is 4.79 Å². The van der Waals surface area contributed by atoms with Crippen LogP contribution in [0, 0.1) is 5.92 Å². The minimum absolute atomic E-state index is 0. The lowest BCUT2D eigenvalue weighted by Crippen LogP contribution is -2.44. The van der Waals surface area contributed by atoms with E-state index in [0.29, 0.717) is 12.3 Å². The van der Waals surface area contributed by atoms with Crippen LogP contribution in [0.1, 0.15) is 39.0 Å². The van der Waals surface area contributed by atoms with Crippen molar-refractivity contribution >= 4 is 30.7 Å². The van der Waals surface area contributed by atoms with Crippen molar-refractivity contribution in [2.75, 3.05) is 32.7 Å². The normalized spacial score (nSPS) is 24.4. The summed E-state index contributed by atoms with van der Waals surface area (Å²) in [4.78, 5) is 14.4. The van der Waals surface area contributed by atoms with Gasteiger partial charge >= 0.3 is 0 Å². The zero-order valence-electron chi connectivity index (χ0n) is 12.4. The Labute approximate surface area is 135 Å². The highest BCUT2D eigenvalue weighted by atomic mass is 35.5. The van der Waals surface area contributed by atoms with Crippen LogP contribution in [0.4, 0.5) is 0 Å². The molecule has 2 aliphatic heterocycles. The Hall–Kier alpha value is -0.0300. The minimum Gasteiger partial charge on any atom is -0.352 e. The Morgan fingerprint density at radius 2 is 2.00 bits per heavy atom. The topological polar surface area (TPSA) is 44.4 Å². The van der Waals surface area contributed by atoms with Crippen LogP contribution in [0.15, 0.2) is 0 Å². The third-order valence-corrected chi connectivity index (χ3v) is 4.02. The van der Waals surface area contributed by atoms with Gasteiger partial charge in [0.15, 0.2) is 0 Å². The minimum atomic E-state index is 0. The lowest BCUT2D eigenvalue weighted by molar-refractivity contribution is -0.122. The Balaban J connectivity index is 0.00000180. The summed E-state index contributed by atoms with van der Waals surface area (Å²) in [6.45, 7) is 7.61. The molecule has 0 radical (unpaired) electrons. The highest BCUT2D eigenvalue weighted by Crippen LogP contribution is 2.12. The smallest absolute Gasteiger partial charge is 0.220 e. The number of amides is 1. The van der Waals surface area contributed by atoms with Gasteiger partial charge in [-0.25, -0.2) is 0 Å². The highest BCUT2D eigenvalue weighted by Gasteiger charge is 2.20. The van der Waals surface area contributed by atoms with E-state index in [1.807, 2.05) is 0 Å². The maximum Gasteiger partial charge on any atom is 0.220 e. The van der Waals surface area contributed by atoms with E-state index in [1.54, 1.807) is 0 Å². The van der Waals surface area contributed by atoms with Gasteiger partial charge in [0.25, 0.3) is 0 Å². The van der Waals surface area contributed by atoms with E-state index in [2.05, 4.69) is 22.5 Å². The lowest BCUT2D eigenvalue weighted by Gasteiger charge is -2.29. The summed E-state index contributed by atoms with van der Waals surface area (Å²) >= 11 is 0. The maximum absolute atomic E-state index is 11.9. The van der Waals surface area contributed by atoms with E-state index in [0.717, 1.165) is 26.1 Å². The third kappa shape index (κ3) is 7.11. The predicted octanol–water partition coefficient (Wildman–Crippen LogP) is 1.82. The molecule has 2 unspecified atom stereocenters. The molecule has 0 aliphatic carbocycles. The zero-order valence-corrected chi connectivity index (χ0v) is 14.0. The fraction of sp³-hybridized carbons (Fsp3) is 0.929. The van der Waals surface area contributed by atoms with Crippen molar-refractivity contribution in [1.82, 2.24) is 15.5 Å². The number of likely N-dealkylation sites (tertiary alicyclic amines) is 1. The summed E-state index contributed by atoms with van der Waals surface area (Å²) in [5.41, 5.74) is 0. The first-order chi connectivity index (χ1) is 8.74. The molecule has 2 atom stereocenters. The number of nitrogens with zero attached hydrogens (tertiary/aromatic N) is 1. The number of carbonyl (C=O) groups is 1. The number of carbonyl (C=O) groups excluding carboxylic acids is 1. The van der Waals surface area contributed by atoms with Gasteiger partial charge in [0.2, 0.25) is 5.91 Å². The van der Waals surface area contributed by atoms with Gasteiger partial charge in [-0.05, 0) is 58.3 Å². The van der Waals surface area contributed by atoms with Crippen LogP contribution in [0.25, 0.3) is 0 Å². The molecular formula is C14H29Cl2N3O. The van der Waals surface area contributed by atoms with Gasteiger partial charge in [0, 0.05) is 19.0 Å². The first kappa shape index (κ1) is 20.0. The second kappa shape index (κ2) is 10.7. The standard InChI is InChI=1S/C14H27N3O.2ClH/c1-12(11-17-7-3-2-4-8-17)16-14(18)9-13-5-6-15-10-13;;/h12-13,15H,2-11H2,1H3,(H,16,18);2*1H. The molecule has 120 valence electrons. The number of piperidine rings is 1. The van der Waals surface area contributed by atoms with Crippen molar-refractivity contribution in [2.24, 2.45) is 5.92 Å². The SMILES string of the molecule is CC(CN1CCCCC1)NC(=O)CC1CCNC1.Cl.Cl. The molecule has 0 aromatic heterocycles. The average Bonchev–Trinajstić information content (AvgIpc) is 2.82. The Bertz CT molecular complexity index is 267. The van der Waals surface area contributed by atoms with E-state index >= 15 is 0 Å². The van der Waals surface area contributed by atoms with E-state index in [1.165, 1.54) is 32.4 Å². The fourth-order valence-electron chi connectivity index (χ4n) is 3.06. The monoisotopic (exact) mass is 325 g/mol. The number of rotatable bonds is 5. The molecule has 2 N–H and O–H groups in total. The Kier molecular flexibility index (Phi) is 10.6. The molecule has 0 saturated carbocycles. The van der Waals surface area contributed by atoms with Crippen LogP contribution in [0.5, 0.6) is 0 Å². The van der Waals surface area contributed by atoms with Crippen molar-refractivity contribution in [3.05, 3.63) is 0 Å². The van der Waals surface area contributed by atoms with Crippen molar-refractivity contribution in [1.29, 1.82) is 0 Å². The van der Waals surface area contributed by atoms with Gasteiger partial charge in [-0.2, -0.15) is 0 Å². The van der Waals surface area contributed by atoms with Crippen LogP contribution < -0.4 is 10.6 Å². The maximum atomic E-state index is 11.9. The molecular weight excluding hydrogens is 297 g/mol. The summed E-state index contributed by atoms with van der Waals surface area (Å²) in [6, 6.07) is 0.282. The molecule has 0 bridgehead atoms. The van der Waals surface area contributed by atoms with Crippen molar-refractivity contribution < 1.29 is 4.79 Å². The van der Waals surface area contributed by atoms with E-state index < -0.39 is 0 Å². The predicted molar refractivity (Wildman–Crippen MR) is 88.0 cm³/mol. The second-order valence-corrected chi connectivity index (χ2v) is 5.89. The van der Waals surface area contributed by atoms with Gasteiger partial charge in [0.1, 0.15) is 0 Å². The molecule has 0 aromatic rings. The molecule has 1 amide bonds. The quantitative estimate of drug-likeness (QED) is 0.810. The summed E-state index contributed by atoms with van der Waals surface area (Å²) in [6.07, 6.45) is 5.83. The highest BCUT2D eigenvalue weighted by molar-refractivity contribution is 5.85. The molecule has 0 spiro atoms. The molecule has 2 rings (SSSR count). The molecule has 2 aliphatic rings.